The molecule has 0 saturated heterocycles. The van der Waals surface area contributed by atoms with Crippen LogP contribution >= 0.6 is 11.3 Å². The third-order valence-corrected chi connectivity index (χ3v) is 5.60. The molecule has 1 unspecified atom stereocenters. The van der Waals surface area contributed by atoms with Crippen molar-refractivity contribution in [3.05, 3.63) is 80.8 Å². The summed E-state index contributed by atoms with van der Waals surface area (Å²) in [7, 11) is 1.79. The number of amides is 1. The van der Waals surface area contributed by atoms with Crippen LogP contribution < -0.4 is 5.32 Å². The van der Waals surface area contributed by atoms with Crippen LogP contribution in [0.4, 0.5) is 8.78 Å². The fourth-order valence-electron chi connectivity index (χ4n) is 2.80. The number of carbonyl (C=O) groups is 1. The Morgan fingerprint density at radius 3 is 2.62 bits per heavy atom. The SMILES string of the molecule is Cc1ccc(CNC(=O)c2nnc(CN(C)C(C)c3cc(F)ccc3F)s2)cc1. The zero-order valence-electron chi connectivity index (χ0n) is 16.4. The third kappa shape index (κ3) is 5.42. The summed E-state index contributed by atoms with van der Waals surface area (Å²) >= 11 is 1.18. The first-order valence-electron chi connectivity index (χ1n) is 9.15. The van der Waals surface area contributed by atoms with Crippen molar-refractivity contribution in [1.82, 2.24) is 20.4 Å². The first-order valence-corrected chi connectivity index (χ1v) is 9.96. The Balaban J connectivity index is 1.59. The molecule has 3 rings (SSSR count). The first kappa shape index (κ1) is 21.0. The van der Waals surface area contributed by atoms with E-state index in [0.29, 0.717) is 18.1 Å². The van der Waals surface area contributed by atoms with Crippen molar-refractivity contribution in [2.75, 3.05) is 7.05 Å². The molecule has 29 heavy (non-hydrogen) atoms. The predicted molar refractivity (Wildman–Crippen MR) is 108 cm³/mol. The van der Waals surface area contributed by atoms with Gasteiger partial charge in [-0.05, 0) is 44.7 Å². The Hall–Kier alpha value is -2.71. The van der Waals surface area contributed by atoms with Crippen molar-refractivity contribution in [1.29, 1.82) is 0 Å². The van der Waals surface area contributed by atoms with E-state index < -0.39 is 11.6 Å². The molecule has 0 fully saturated rings. The largest absolute Gasteiger partial charge is 0.346 e. The molecule has 0 aliphatic rings. The molecule has 3 aromatic rings. The maximum Gasteiger partial charge on any atom is 0.282 e. The van der Waals surface area contributed by atoms with Gasteiger partial charge in [0.05, 0.1) is 6.54 Å². The fourth-order valence-corrected chi connectivity index (χ4v) is 3.62. The highest BCUT2D eigenvalue weighted by Gasteiger charge is 2.19. The summed E-state index contributed by atoms with van der Waals surface area (Å²) in [6.07, 6.45) is 0. The molecule has 5 nitrogen and oxygen atoms in total. The lowest BCUT2D eigenvalue weighted by atomic mass is 10.1. The van der Waals surface area contributed by atoms with Gasteiger partial charge in [0.15, 0.2) is 0 Å². The van der Waals surface area contributed by atoms with Crippen molar-refractivity contribution in [2.24, 2.45) is 0 Å². The maximum atomic E-state index is 14.0. The molecule has 0 bridgehead atoms. The van der Waals surface area contributed by atoms with Gasteiger partial charge in [-0.25, -0.2) is 8.78 Å². The second-order valence-corrected chi connectivity index (χ2v) is 7.99. The lowest BCUT2D eigenvalue weighted by Crippen LogP contribution is -2.23. The van der Waals surface area contributed by atoms with Crippen molar-refractivity contribution < 1.29 is 13.6 Å². The van der Waals surface area contributed by atoms with Gasteiger partial charge in [-0.3, -0.25) is 9.69 Å². The number of halogens is 2. The van der Waals surface area contributed by atoms with Crippen molar-refractivity contribution in [3.63, 3.8) is 0 Å². The molecule has 0 aliphatic heterocycles. The minimum atomic E-state index is -0.481. The first-order chi connectivity index (χ1) is 13.8. The Morgan fingerprint density at radius 1 is 1.17 bits per heavy atom. The molecule has 0 radical (unpaired) electrons. The van der Waals surface area contributed by atoms with Gasteiger partial charge in [0, 0.05) is 18.2 Å². The molecular weight excluding hydrogens is 394 g/mol. The molecule has 8 heteroatoms. The topological polar surface area (TPSA) is 58.1 Å². The summed E-state index contributed by atoms with van der Waals surface area (Å²) in [5.74, 6) is -1.23. The van der Waals surface area contributed by atoms with E-state index in [2.05, 4.69) is 15.5 Å². The van der Waals surface area contributed by atoms with E-state index in [1.54, 1.807) is 14.0 Å². The van der Waals surface area contributed by atoms with Gasteiger partial charge in [-0.1, -0.05) is 41.2 Å². The molecule has 0 aliphatic carbocycles. The molecule has 2 aromatic carbocycles. The number of hydrogen-bond donors (Lipinski definition) is 1. The van der Waals surface area contributed by atoms with Crippen LogP contribution in [0.5, 0.6) is 0 Å². The fraction of sp³-hybridized carbons (Fsp3) is 0.286. The molecule has 0 saturated carbocycles. The van der Waals surface area contributed by atoms with Gasteiger partial charge >= 0.3 is 0 Å². The number of rotatable bonds is 7. The number of carbonyl (C=O) groups excluding carboxylic acids is 1. The molecule has 1 N–H and O–H groups in total. The van der Waals surface area contributed by atoms with Gasteiger partial charge in [-0.15, -0.1) is 10.2 Å². The van der Waals surface area contributed by atoms with Crippen molar-refractivity contribution in [2.45, 2.75) is 33.0 Å². The summed E-state index contributed by atoms with van der Waals surface area (Å²) in [6.45, 7) is 4.56. The summed E-state index contributed by atoms with van der Waals surface area (Å²) in [5, 5.41) is 11.7. The minimum Gasteiger partial charge on any atom is -0.346 e. The summed E-state index contributed by atoms with van der Waals surface area (Å²) < 4.78 is 27.5. The molecule has 1 amide bonds. The van der Waals surface area contributed by atoms with Crippen molar-refractivity contribution in [3.8, 4) is 0 Å². The van der Waals surface area contributed by atoms with E-state index in [4.69, 9.17) is 0 Å². The molecule has 1 aromatic heterocycles. The minimum absolute atomic E-state index is 0.269. The zero-order chi connectivity index (χ0) is 21.0. The summed E-state index contributed by atoms with van der Waals surface area (Å²) in [6, 6.07) is 10.9. The van der Waals surface area contributed by atoms with E-state index in [1.165, 1.54) is 17.4 Å². The van der Waals surface area contributed by atoms with E-state index in [1.807, 2.05) is 36.1 Å². The van der Waals surface area contributed by atoms with Crippen LogP contribution in [-0.2, 0) is 13.1 Å². The number of aromatic nitrogens is 2. The Morgan fingerprint density at radius 2 is 1.90 bits per heavy atom. The van der Waals surface area contributed by atoms with E-state index >= 15 is 0 Å². The number of nitrogens with zero attached hydrogens (tertiary/aromatic N) is 3. The monoisotopic (exact) mass is 416 g/mol. The van der Waals surface area contributed by atoms with Gasteiger partial charge in [0.25, 0.3) is 5.91 Å². The average Bonchev–Trinajstić information content (AvgIpc) is 3.17. The second kappa shape index (κ2) is 9.19. The van der Waals surface area contributed by atoms with Crippen LogP contribution in [0.2, 0.25) is 0 Å². The van der Waals surface area contributed by atoms with E-state index in [-0.39, 0.29) is 22.5 Å². The predicted octanol–water partition coefficient (Wildman–Crippen LogP) is 4.25. The van der Waals surface area contributed by atoms with Crippen LogP contribution in [0.3, 0.4) is 0 Å². The van der Waals surface area contributed by atoms with Crippen LogP contribution in [0.25, 0.3) is 0 Å². The molecule has 1 heterocycles. The number of benzene rings is 2. The van der Waals surface area contributed by atoms with E-state index in [9.17, 15) is 13.6 Å². The summed E-state index contributed by atoms with van der Waals surface area (Å²) in [4.78, 5) is 14.1. The Kier molecular flexibility index (Phi) is 6.66. The zero-order valence-corrected chi connectivity index (χ0v) is 17.3. The number of hydrogen-bond acceptors (Lipinski definition) is 5. The standard InChI is InChI=1S/C21H22F2N4OS/c1-13-4-6-15(7-5-13)11-24-20(28)21-26-25-19(29-21)12-27(3)14(2)17-10-16(22)8-9-18(17)23/h4-10,14H,11-12H2,1-3H3,(H,24,28). The van der Waals surface area contributed by atoms with Crippen LogP contribution in [0, 0.1) is 18.6 Å². The quantitative estimate of drug-likeness (QED) is 0.626. The third-order valence-electron chi connectivity index (χ3n) is 4.69. The molecule has 1 atom stereocenters. The summed E-state index contributed by atoms with van der Waals surface area (Å²) in [5.41, 5.74) is 2.43. The average molecular weight is 416 g/mol. The Labute approximate surface area is 172 Å². The van der Waals surface area contributed by atoms with Gasteiger partial charge in [0.2, 0.25) is 5.01 Å². The van der Waals surface area contributed by atoms with Crippen molar-refractivity contribution >= 4 is 17.2 Å². The van der Waals surface area contributed by atoms with Gasteiger partial charge < -0.3 is 5.32 Å². The maximum absolute atomic E-state index is 14.0. The Bertz CT molecular complexity index is 991. The molecule has 0 spiro atoms. The number of aryl methyl sites for hydroxylation is 1. The number of nitrogens with one attached hydrogen (secondary N) is 1. The van der Waals surface area contributed by atoms with Crippen LogP contribution in [0.1, 0.15) is 44.5 Å². The highest BCUT2D eigenvalue weighted by Crippen LogP contribution is 2.25. The molecule has 152 valence electrons. The highest BCUT2D eigenvalue weighted by atomic mass is 32.1. The lowest BCUT2D eigenvalue weighted by molar-refractivity contribution is 0.0950. The normalized spacial score (nSPS) is 12.2. The second-order valence-electron chi connectivity index (χ2n) is 6.93. The van der Waals surface area contributed by atoms with E-state index in [0.717, 1.165) is 23.3 Å². The highest BCUT2D eigenvalue weighted by molar-refractivity contribution is 7.13. The molecular formula is C21H22F2N4OS. The van der Waals surface area contributed by atoms with Crippen LogP contribution in [0.15, 0.2) is 42.5 Å². The smallest absolute Gasteiger partial charge is 0.282 e. The van der Waals surface area contributed by atoms with Crippen LogP contribution in [-0.4, -0.2) is 28.1 Å². The van der Waals surface area contributed by atoms with Gasteiger partial charge in [0.1, 0.15) is 16.6 Å². The van der Waals surface area contributed by atoms with Gasteiger partial charge in [-0.2, -0.15) is 0 Å². The lowest BCUT2D eigenvalue weighted by Gasteiger charge is -2.24.